The fourth-order valence-electron chi connectivity index (χ4n) is 3.07. The van der Waals surface area contributed by atoms with Gasteiger partial charge in [0.25, 0.3) is 0 Å². The summed E-state index contributed by atoms with van der Waals surface area (Å²) < 4.78 is 10.9. The molecule has 0 radical (unpaired) electrons. The third-order valence-electron chi connectivity index (χ3n) is 4.45. The van der Waals surface area contributed by atoms with Gasteiger partial charge in [0.2, 0.25) is 5.91 Å². The lowest BCUT2D eigenvalue weighted by molar-refractivity contribution is -0.135. The van der Waals surface area contributed by atoms with Crippen LogP contribution < -0.4 is 10.1 Å². The minimum atomic E-state index is -0.0941. The number of anilines is 1. The zero-order valence-electron chi connectivity index (χ0n) is 15.2. The number of nitrogens with zero attached hydrogens (tertiary/aromatic N) is 1. The molecule has 2 aromatic rings. The molecule has 1 saturated heterocycles. The fourth-order valence-corrected chi connectivity index (χ4v) is 3.07. The number of para-hydroxylation sites is 1. The Balaban J connectivity index is 1.75. The summed E-state index contributed by atoms with van der Waals surface area (Å²) in [6, 6.07) is 17.9. The molecule has 0 aliphatic carbocycles. The van der Waals surface area contributed by atoms with Crippen LogP contribution in [0, 0.1) is 0 Å². The molecule has 1 unspecified atom stereocenters. The molecule has 1 amide bonds. The number of ether oxygens (including phenoxy) is 2. The van der Waals surface area contributed by atoms with E-state index in [9.17, 15) is 4.79 Å². The standard InChI is InChI=1S/C21H26N2O3/c1-2-26-19-10-8-17(9-11-19)20(22-18-6-4-3-5-7-18)16-21(24)23-12-14-25-15-13-23/h3-11,20,22H,2,12-16H2,1H3. The maximum atomic E-state index is 12.7. The molecule has 3 rings (SSSR count). The molecule has 0 saturated carbocycles. The molecule has 138 valence electrons. The van der Waals surface area contributed by atoms with E-state index < -0.39 is 0 Å². The lowest BCUT2D eigenvalue weighted by Crippen LogP contribution is -2.41. The Labute approximate surface area is 154 Å². The summed E-state index contributed by atoms with van der Waals surface area (Å²) in [6.45, 7) is 5.17. The Morgan fingerprint density at radius 2 is 1.81 bits per heavy atom. The van der Waals surface area contributed by atoms with Gasteiger partial charge in [0, 0.05) is 18.8 Å². The molecular formula is C21H26N2O3. The van der Waals surface area contributed by atoms with Gasteiger partial charge in [-0.25, -0.2) is 0 Å². The SMILES string of the molecule is CCOc1ccc(C(CC(=O)N2CCOCC2)Nc2ccccc2)cc1. The van der Waals surface area contributed by atoms with Crippen LogP contribution in [-0.4, -0.2) is 43.7 Å². The third-order valence-corrected chi connectivity index (χ3v) is 4.45. The van der Waals surface area contributed by atoms with Crippen LogP contribution in [0.25, 0.3) is 0 Å². The molecule has 0 aromatic heterocycles. The molecule has 2 aromatic carbocycles. The molecule has 0 bridgehead atoms. The van der Waals surface area contributed by atoms with E-state index in [0.29, 0.717) is 39.3 Å². The van der Waals surface area contributed by atoms with Gasteiger partial charge in [-0.05, 0) is 36.8 Å². The maximum absolute atomic E-state index is 12.7. The zero-order valence-corrected chi connectivity index (χ0v) is 15.2. The van der Waals surface area contributed by atoms with Crippen molar-refractivity contribution >= 4 is 11.6 Å². The van der Waals surface area contributed by atoms with Crippen LogP contribution in [0.3, 0.4) is 0 Å². The van der Waals surface area contributed by atoms with Gasteiger partial charge in [-0.1, -0.05) is 30.3 Å². The predicted octanol–water partition coefficient (Wildman–Crippen LogP) is 3.49. The lowest BCUT2D eigenvalue weighted by Gasteiger charge is -2.29. The molecule has 1 aliphatic rings. The van der Waals surface area contributed by atoms with Gasteiger partial charge in [-0.3, -0.25) is 4.79 Å². The highest BCUT2D eigenvalue weighted by molar-refractivity contribution is 5.77. The highest BCUT2D eigenvalue weighted by Gasteiger charge is 2.22. The van der Waals surface area contributed by atoms with E-state index in [-0.39, 0.29) is 11.9 Å². The van der Waals surface area contributed by atoms with Crippen LogP contribution >= 0.6 is 0 Å². The van der Waals surface area contributed by atoms with Gasteiger partial charge < -0.3 is 19.7 Å². The molecular weight excluding hydrogens is 328 g/mol. The molecule has 0 spiro atoms. The van der Waals surface area contributed by atoms with E-state index in [4.69, 9.17) is 9.47 Å². The highest BCUT2D eigenvalue weighted by Crippen LogP contribution is 2.25. The number of carbonyl (C=O) groups is 1. The van der Waals surface area contributed by atoms with Crippen molar-refractivity contribution in [2.24, 2.45) is 0 Å². The van der Waals surface area contributed by atoms with E-state index in [2.05, 4.69) is 5.32 Å². The molecule has 1 aliphatic heterocycles. The smallest absolute Gasteiger partial charge is 0.225 e. The normalized spacial score (nSPS) is 15.3. The van der Waals surface area contributed by atoms with Crippen LogP contribution in [-0.2, 0) is 9.53 Å². The van der Waals surface area contributed by atoms with E-state index in [1.165, 1.54) is 0 Å². The van der Waals surface area contributed by atoms with Crippen LogP contribution in [0.2, 0.25) is 0 Å². The van der Waals surface area contributed by atoms with Gasteiger partial charge in [0.1, 0.15) is 5.75 Å². The number of hydrogen-bond acceptors (Lipinski definition) is 4. The summed E-state index contributed by atoms with van der Waals surface area (Å²) >= 11 is 0. The minimum absolute atomic E-state index is 0.0941. The Kier molecular flexibility index (Phi) is 6.50. The van der Waals surface area contributed by atoms with Crippen molar-refractivity contribution in [1.82, 2.24) is 4.90 Å². The summed E-state index contributed by atoms with van der Waals surface area (Å²) in [7, 11) is 0. The summed E-state index contributed by atoms with van der Waals surface area (Å²) in [5, 5.41) is 3.50. The molecule has 5 heteroatoms. The molecule has 1 N–H and O–H groups in total. The van der Waals surface area contributed by atoms with E-state index in [1.54, 1.807) is 0 Å². The molecule has 1 atom stereocenters. The second kappa shape index (κ2) is 9.25. The first-order chi connectivity index (χ1) is 12.8. The van der Waals surface area contributed by atoms with Gasteiger partial charge >= 0.3 is 0 Å². The summed E-state index contributed by atoms with van der Waals surface area (Å²) in [5.74, 6) is 0.991. The van der Waals surface area contributed by atoms with Crippen LogP contribution in [0.5, 0.6) is 5.75 Å². The van der Waals surface area contributed by atoms with Gasteiger partial charge in [-0.15, -0.1) is 0 Å². The number of rotatable bonds is 7. The number of amides is 1. The Morgan fingerprint density at radius 1 is 1.12 bits per heavy atom. The maximum Gasteiger partial charge on any atom is 0.225 e. The van der Waals surface area contributed by atoms with Crippen molar-refractivity contribution in [2.45, 2.75) is 19.4 Å². The minimum Gasteiger partial charge on any atom is -0.494 e. The molecule has 1 fully saturated rings. The topological polar surface area (TPSA) is 50.8 Å². The lowest BCUT2D eigenvalue weighted by atomic mass is 10.0. The number of benzene rings is 2. The van der Waals surface area contributed by atoms with Crippen LogP contribution in [0.15, 0.2) is 54.6 Å². The van der Waals surface area contributed by atoms with Crippen LogP contribution in [0.1, 0.15) is 24.9 Å². The number of carbonyl (C=O) groups excluding carboxylic acids is 1. The molecule has 26 heavy (non-hydrogen) atoms. The average Bonchev–Trinajstić information content (AvgIpc) is 2.70. The zero-order chi connectivity index (χ0) is 18.2. The first-order valence-electron chi connectivity index (χ1n) is 9.16. The Bertz CT molecular complexity index is 682. The monoisotopic (exact) mass is 354 g/mol. The fraction of sp³-hybridized carbons (Fsp3) is 0.381. The van der Waals surface area contributed by atoms with E-state index >= 15 is 0 Å². The predicted molar refractivity (Wildman–Crippen MR) is 102 cm³/mol. The number of hydrogen-bond donors (Lipinski definition) is 1. The van der Waals surface area contributed by atoms with Crippen molar-refractivity contribution in [3.05, 3.63) is 60.2 Å². The molecule has 5 nitrogen and oxygen atoms in total. The number of nitrogens with one attached hydrogen (secondary N) is 1. The van der Waals surface area contributed by atoms with Crippen molar-refractivity contribution in [3.63, 3.8) is 0 Å². The van der Waals surface area contributed by atoms with Gasteiger partial charge in [0.05, 0.1) is 32.3 Å². The quantitative estimate of drug-likeness (QED) is 0.827. The first-order valence-corrected chi connectivity index (χ1v) is 9.16. The van der Waals surface area contributed by atoms with Crippen molar-refractivity contribution in [3.8, 4) is 5.75 Å². The molecule has 1 heterocycles. The third kappa shape index (κ3) is 4.99. The summed E-state index contributed by atoms with van der Waals surface area (Å²) in [5.41, 5.74) is 2.07. The Morgan fingerprint density at radius 3 is 2.46 bits per heavy atom. The number of morpholine rings is 1. The Hall–Kier alpha value is -2.53. The first kappa shape index (κ1) is 18.3. The van der Waals surface area contributed by atoms with E-state index in [1.807, 2.05) is 66.4 Å². The van der Waals surface area contributed by atoms with Gasteiger partial charge in [0.15, 0.2) is 0 Å². The second-order valence-corrected chi connectivity index (χ2v) is 6.26. The van der Waals surface area contributed by atoms with E-state index in [0.717, 1.165) is 17.0 Å². The van der Waals surface area contributed by atoms with Crippen molar-refractivity contribution in [1.29, 1.82) is 0 Å². The second-order valence-electron chi connectivity index (χ2n) is 6.26. The summed E-state index contributed by atoms with van der Waals surface area (Å²) in [4.78, 5) is 14.6. The largest absolute Gasteiger partial charge is 0.494 e. The van der Waals surface area contributed by atoms with Crippen molar-refractivity contribution in [2.75, 3.05) is 38.2 Å². The average molecular weight is 354 g/mol. The summed E-state index contributed by atoms with van der Waals surface area (Å²) in [6.07, 6.45) is 0.406. The van der Waals surface area contributed by atoms with Gasteiger partial charge in [-0.2, -0.15) is 0 Å². The van der Waals surface area contributed by atoms with Crippen LogP contribution in [0.4, 0.5) is 5.69 Å². The van der Waals surface area contributed by atoms with Crippen molar-refractivity contribution < 1.29 is 14.3 Å². The highest BCUT2D eigenvalue weighted by atomic mass is 16.5.